The monoisotopic (exact) mass is 201 g/mol. The van der Waals surface area contributed by atoms with Gasteiger partial charge in [-0.1, -0.05) is 24.3 Å². The Kier molecular flexibility index (Phi) is 1.17. The van der Waals surface area contributed by atoms with Crippen LogP contribution in [0.2, 0.25) is 0 Å². The molecule has 2 bridgehead atoms. The summed E-state index contributed by atoms with van der Waals surface area (Å²) in [4.78, 5) is 23.4. The lowest BCUT2D eigenvalue weighted by atomic mass is 9.50. The third-order valence-corrected chi connectivity index (χ3v) is 4.51. The van der Waals surface area contributed by atoms with E-state index in [1.807, 2.05) is 0 Å². The zero-order valence-corrected chi connectivity index (χ0v) is 8.09. The predicted molar refractivity (Wildman–Crippen MR) is 52.4 cm³/mol. The molecule has 0 spiro atoms. The molecule has 6 atom stereocenters. The van der Waals surface area contributed by atoms with E-state index in [0.717, 1.165) is 0 Å². The van der Waals surface area contributed by atoms with Gasteiger partial charge in [0.05, 0.1) is 11.8 Å². The van der Waals surface area contributed by atoms with Gasteiger partial charge in [0.1, 0.15) is 0 Å². The van der Waals surface area contributed by atoms with Crippen molar-refractivity contribution < 1.29 is 9.59 Å². The second-order valence-corrected chi connectivity index (χ2v) is 4.98. The Morgan fingerprint density at radius 2 is 1.13 bits per heavy atom. The average Bonchev–Trinajstić information content (AvgIpc) is 2.44. The third kappa shape index (κ3) is 0.715. The Morgan fingerprint density at radius 1 is 0.733 bits per heavy atom. The number of hydrogen-bond acceptors (Lipinski definition) is 2. The number of amides is 2. The molecule has 4 aliphatic carbocycles. The molecule has 1 heterocycles. The van der Waals surface area contributed by atoms with Crippen molar-refractivity contribution in [3.8, 4) is 0 Å². The van der Waals surface area contributed by atoms with Gasteiger partial charge >= 0.3 is 0 Å². The molecule has 2 fully saturated rings. The lowest BCUT2D eigenvalue weighted by Crippen LogP contribution is -2.50. The quantitative estimate of drug-likeness (QED) is 0.458. The van der Waals surface area contributed by atoms with Crippen molar-refractivity contribution in [1.82, 2.24) is 5.32 Å². The summed E-state index contributed by atoms with van der Waals surface area (Å²) >= 11 is 0. The van der Waals surface area contributed by atoms with Crippen LogP contribution in [0.3, 0.4) is 0 Å². The first-order valence-corrected chi connectivity index (χ1v) is 5.49. The molecule has 3 heteroatoms. The summed E-state index contributed by atoms with van der Waals surface area (Å²) in [6, 6.07) is 0. The van der Waals surface area contributed by atoms with Crippen molar-refractivity contribution >= 4 is 11.8 Å². The Balaban J connectivity index is 1.88. The molecule has 1 N–H and O–H groups in total. The van der Waals surface area contributed by atoms with Crippen LogP contribution >= 0.6 is 0 Å². The minimum Gasteiger partial charge on any atom is -0.296 e. The van der Waals surface area contributed by atoms with E-state index in [1.165, 1.54) is 0 Å². The Morgan fingerprint density at radius 3 is 1.53 bits per heavy atom. The summed E-state index contributed by atoms with van der Waals surface area (Å²) < 4.78 is 0. The zero-order chi connectivity index (χ0) is 10.2. The van der Waals surface area contributed by atoms with E-state index >= 15 is 0 Å². The fourth-order valence-electron chi connectivity index (χ4n) is 3.81. The molecule has 1 aliphatic heterocycles. The molecule has 0 aromatic heterocycles. The topological polar surface area (TPSA) is 46.2 Å². The van der Waals surface area contributed by atoms with Crippen LogP contribution in [0.25, 0.3) is 0 Å². The maximum Gasteiger partial charge on any atom is 0.231 e. The molecule has 76 valence electrons. The molecule has 0 radical (unpaired) electrons. The van der Waals surface area contributed by atoms with Crippen LogP contribution < -0.4 is 5.32 Å². The molecule has 0 unspecified atom stereocenters. The van der Waals surface area contributed by atoms with Gasteiger partial charge in [0.15, 0.2) is 0 Å². The van der Waals surface area contributed by atoms with E-state index in [9.17, 15) is 9.59 Å². The molecule has 15 heavy (non-hydrogen) atoms. The SMILES string of the molecule is O=C1NC(=O)[C@H]2[C@@H]3C=C[C@@H]([C@H]4C=C[C@H]43)[C@@H]12. The van der Waals surface area contributed by atoms with Crippen molar-refractivity contribution in [1.29, 1.82) is 0 Å². The van der Waals surface area contributed by atoms with E-state index in [-0.39, 0.29) is 35.5 Å². The van der Waals surface area contributed by atoms with Gasteiger partial charge in [-0.05, 0) is 23.7 Å². The maximum atomic E-state index is 11.7. The van der Waals surface area contributed by atoms with E-state index in [1.54, 1.807) is 0 Å². The van der Waals surface area contributed by atoms with Gasteiger partial charge in [-0.25, -0.2) is 0 Å². The highest BCUT2D eigenvalue weighted by Crippen LogP contribution is 2.57. The highest BCUT2D eigenvalue weighted by atomic mass is 16.2. The highest BCUT2D eigenvalue weighted by Gasteiger charge is 2.60. The van der Waals surface area contributed by atoms with Gasteiger partial charge in [-0.2, -0.15) is 0 Å². The van der Waals surface area contributed by atoms with Gasteiger partial charge in [0.25, 0.3) is 0 Å². The first kappa shape index (κ1) is 7.85. The van der Waals surface area contributed by atoms with E-state index in [4.69, 9.17) is 0 Å². The van der Waals surface area contributed by atoms with Gasteiger partial charge in [0, 0.05) is 0 Å². The predicted octanol–water partition coefficient (Wildman–Crippen LogP) is 0.493. The second-order valence-electron chi connectivity index (χ2n) is 4.98. The molecule has 1 saturated heterocycles. The van der Waals surface area contributed by atoms with Crippen LogP contribution in [-0.2, 0) is 9.59 Å². The standard InChI is InChI=1S/C12H11NO2/c14-11-9-7-3-4-8(6-2-1-5(6)7)10(9)12(15)13-11/h1-10H,(H,13,14,15)/t5-,6+,7-,8+,9+,10-. The summed E-state index contributed by atoms with van der Waals surface area (Å²) in [6.07, 6.45) is 8.68. The minimum absolute atomic E-state index is 0.0527. The van der Waals surface area contributed by atoms with E-state index in [2.05, 4.69) is 29.6 Å². The maximum absolute atomic E-state index is 11.7. The normalized spacial score (nSPS) is 53.6. The van der Waals surface area contributed by atoms with Crippen LogP contribution in [0, 0.1) is 35.5 Å². The van der Waals surface area contributed by atoms with Crippen molar-refractivity contribution in [2.45, 2.75) is 0 Å². The van der Waals surface area contributed by atoms with Crippen molar-refractivity contribution in [2.24, 2.45) is 35.5 Å². The van der Waals surface area contributed by atoms with Gasteiger partial charge in [-0.15, -0.1) is 0 Å². The van der Waals surface area contributed by atoms with Crippen molar-refractivity contribution in [2.75, 3.05) is 0 Å². The summed E-state index contributed by atoms with van der Waals surface area (Å²) in [5.74, 6) is 1.28. The lowest BCUT2D eigenvalue weighted by molar-refractivity contribution is -0.127. The van der Waals surface area contributed by atoms with E-state index < -0.39 is 0 Å². The average molecular weight is 201 g/mol. The summed E-state index contributed by atoms with van der Waals surface area (Å²) in [5, 5.41) is 2.48. The lowest BCUT2D eigenvalue weighted by Gasteiger charge is -2.51. The number of rotatable bonds is 0. The molecule has 5 rings (SSSR count). The number of nitrogens with one attached hydrogen (secondary N) is 1. The molecule has 2 amide bonds. The molecule has 1 saturated carbocycles. The number of carbonyl (C=O) groups excluding carboxylic acids is 2. The largest absolute Gasteiger partial charge is 0.296 e. The summed E-state index contributed by atoms with van der Waals surface area (Å²) in [5.41, 5.74) is 0. The van der Waals surface area contributed by atoms with Crippen LogP contribution in [0.4, 0.5) is 0 Å². The fraction of sp³-hybridized carbons (Fsp3) is 0.500. The van der Waals surface area contributed by atoms with Gasteiger partial charge < -0.3 is 0 Å². The molecule has 5 aliphatic rings. The summed E-state index contributed by atoms with van der Waals surface area (Å²) in [6.45, 7) is 0. The minimum atomic E-state index is -0.0845. The highest BCUT2D eigenvalue weighted by molar-refractivity contribution is 6.06. The molecular weight excluding hydrogens is 190 g/mol. The molecular formula is C12H11NO2. The summed E-state index contributed by atoms with van der Waals surface area (Å²) in [7, 11) is 0. The molecule has 0 aromatic rings. The van der Waals surface area contributed by atoms with Crippen LogP contribution in [0.15, 0.2) is 24.3 Å². The number of carbonyl (C=O) groups is 2. The first-order chi connectivity index (χ1) is 7.27. The van der Waals surface area contributed by atoms with Crippen LogP contribution in [0.1, 0.15) is 0 Å². The molecule has 3 nitrogen and oxygen atoms in total. The number of allylic oxidation sites excluding steroid dienone is 4. The second kappa shape index (κ2) is 2.23. The molecule has 0 aromatic carbocycles. The zero-order valence-electron chi connectivity index (χ0n) is 8.09. The number of hydrogen-bond donors (Lipinski definition) is 1. The van der Waals surface area contributed by atoms with Gasteiger partial charge in [0.2, 0.25) is 11.8 Å². The van der Waals surface area contributed by atoms with Gasteiger partial charge in [-0.3, -0.25) is 14.9 Å². The fourth-order valence-corrected chi connectivity index (χ4v) is 3.81. The Labute approximate surface area is 87.2 Å². The van der Waals surface area contributed by atoms with E-state index in [0.29, 0.717) is 11.8 Å². The van der Waals surface area contributed by atoms with Crippen LogP contribution in [-0.4, -0.2) is 11.8 Å². The van der Waals surface area contributed by atoms with Crippen molar-refractivity contribution in [3.63, 3.8) is 0 Å². The Bertz CT molecular complexity index is 399. The number of imide groups is 1. The van der Waals surface area contributed by atoms with Crippen LogP contribution in [0.5, 0.6) is 0 Å². The Hall–Kier alpha value is -1.38. The third-order valence-electron chi connectivity index (χ3n) is 4.51. The first-order valence-electron chi connectivity index (χ1n) is 5.49. The smallest absolute Gasteiger partial charge is 0.231 e. The van der Waals surface area contributed by atoms with Crippen molar-refractivity contribution in [3.05, 3.63) is 24.3 Å².